The number of carbonyl (C=O) groups excluding carboxylic acids is 2. The molecule has 7 heteroatoms. The summed E-state index contributed by atoms with van der Waals surface area (Å²) in [6, 6.07) is 10.6. The van der Waals surface area contributed by atoms with Crippen molar-refractivity contribution in [3.05, 3.63) is 53.8 Å². The first-order chi connectivity index (χ1) is 12.1. The smallest absolute Gasteiger partial charge is 0.329 e. The minimum Gasteiger partial charge on any atom is -0.378 e. The fourth-order valence-corrected chi connectivity index (χ4v) is 3.08. The molecular formula is C18H16FN3O3. The lowest BCUT2D eigenvalue weighted by Gasteiger charge is -2.33. The second-order valence-corrected chi connectivity index (χ2v) is 5.85. The van der Waals surface area contributed by atoms with Crippen LogP contribution >= 0.6 is 0 Å². The van der Waals surface area contributed by atoms with Crippen LogP contribution in [0.2, 0.25) is 0 Å². The SMILES string of the molecule is O=C1Nc2ccccc2N(C(=O)N2CCOCC2)c2ccc(F)cc21. The largest absolute Gasteiger partial charge is 0.378 e. The summed E-state index contributed by atoms with van der Waals surface area (Å²) in [5.74, 6) is -0.974. The molecule has 1 N–H and O–H groups in total. The maximum absolute atomic E-state index is 13.7. The molecule has 2 aromatic rings. The van der Waals surface area contributed by atoms with Gasteiger partial charge in [-0.25, -0.2) is 9.18 Å². The summed E-state index contributed by atoms with van der Waals surface area (Å²) in [5, 5.41) is 2.75. The highest BCUT2D eigenvalue weighted by Gasteiger charge is 2.32. The Morgan fingerprint density at radius 3 is 2.64 bits per heavy atom. The Labute approximate surface area is 143 Å². The highest BCUT2D eigenvalue weighted by atomic mass is 19.1. The molecule has 0 aromatic heterocycles. The van der Waals surface area contributed by atoms with Crippen molar-refractivity contribution in [3.8, 4) is 0 Å². The average molecular weight is 341 g/mol. The highest BCUT2D eigenvalue weighted by Crippen LogP contribution is 2.38. The fraction of sp³-hybridized carbons (Fsp3) is 0.222. The van der Waals surface area contributed by atoms with E-state index in [2.05, 4.69) is 5.32 Å². The maximum atomic E-state index is 13.7. The van der Waals surface area contributed by atoms with E-state index >= 15 is 0 Å². The van der Waals surface area contributed by atoms with Gasteiger partial charge in [0.25, 0.3) is 5.91 Å². The van der Waals surface area contributed by atoms with Crippen LogP contribution in [0.5, 0.6) is 0 Å². The number of anilines is 3. The van der Waals surface area contributed by atoms with E-state index in [1.165, 1.54) is 17.0 Å². The van der Waals surface area contributed by atoms with Gasteiger partial charge in [-0.15, -0.1) is 0 Å². The van der Waals surface area contributed by atoms with Crippen LogP contribution in [-0.2, 0) is 4.74 Å². The monoisotopic (exact) mass is 341 g/mol. The number of carbonyl (C=O) groups is 2. The zero-order valence-electron chi connectivity index (χ0n) is 13.4. The number of halogens is 1. The molecule has 0 bridgehead atoms. The molecule has 3 amide bonds. The molecule has 2 heterocycles. The van der Waals surface area contributed by atoms with E-state index in [1.807, 2.05) is 0 Å². The quantitative estimate of drug-likeness (QED) is 0.801. The minimum absolute atomic E-state index is 0.123. The number of nitrogens with one attached hydrogen (secondary N) is 1. The number of urea groups is 1. The topological polar surface area (TPSA) is 61.9 Å². The molecule has 0 radical (unpaired) electrons. The van der Waals surface area contributed by atoms with E-state index in [9.17, 15) is 14.0 Å². The van der Waals surface area contributed by atoms with Crippen LogP contribution in [0.15, 0.2) is 42.5 Å². The van der Waals surface area contributed by atoms with Gasteiger partial charge >= 0.3 is 6.03 Å². The lowest BCUT2D eigenvalue weighted by atomic mass is 10.1. The number of para-hydroxylation sites is 2. The number of morpholine rings is 1. The van der Waals surface area contributed by atoms with Crippen molar-refractivity contribution in [2.24, 2.45) is 0 Å². The van der Waals surface area contributed by atoms with Crippen molar-refractivity contribution < 1.29 is 18.7 Å². The first-order valence-corrected chi connectivity index (χ1v) is 8.02. The molecule has 25 heavy (non-hydrogen) atoms. The zero-order valence-corrected chi connectivity index (χ0v) is 13.4. The summed E-state index contributed by atoms with van der Waals surface area (Å²) in [5.41, 5.74) is 1.54. The molecule has 0 spiro atoms. The summed E-state index contributed by atoms with van der Waals surface area (Å²) < 4.78 is 19.0. The molecule has 6 nitrogen and oxygen atoms in total. The molecule has 0 unspecified atom stereocenters. The van der Waals surface area contributed by atoms with E-state index in [0.29, 0.717) is 43.4 Å². The first-order valence-electron chi connectivity index (χ1n) is 8.02. The van der Waals surface area contributed by atoms with Gasteiger partial charge in [-0.3, -0.25) is 9.69 Å². The molecule has 4 rings (SSSR count). The first kappa shape index (κ1) is 15.6. The summed E-state index contributed by atoms with van der Waals surface area (Å²) in [6.07, 6.45) is 0. The Balaban J connectivity index is 1.87. The summed E-state index contributed by atoms with van der Waals surface area (Å²) in [6.45, 7) is 1.87. The van der Waals surface area contributed by atoms with Gasteiger partial charge in [0, 0.05) is 13.1 Å². The van der Waals surface area contributed by atoms with Crippen LogP contribution in [0, 0.1) is 5.82 Å². The summed E-state index contributed by atoms with van der Waals surface area (Å²) >= 11 is 0. The molecule has 0 saturated carbocycles. The van der Waals surface area contributed by atoms with Crippen LogP contribution in [0.3, 0.4) is 0 Å². The number of benzene rings is 2. The Morgan fingerprint density at radius 1 is 1.08 bits per heavy atom. The molecule has 1 saturated heterocycles. The van der Waals surface area contributed by atoms with E-state index in [1.54, 1.807) is 29.2 Å². The van der Waals surface area contributed by atoms with Gasteiger partial charge in [-0.1, -0.05) is 12.1 Å². The minimum atomic E-state index is -0.529. The predicted octanol–water partition coefficient (Wildman–Crippen LogP) is 2.98. The number of fused-ring (bicyclic) bond motifs is 2. The average Bonchev–Trinajstić information content (AvgIpc) is 2.76. The second-order valence-electron chi connectivity index (χ2n) is 5.85. The van der Waals surface area contributed by atoms with Crippen molar-refractivity contribution >= 4 is 29.0 Å². The molecular weight excluding hydrogens is 325 g/mol. The molecule has 0 atom stereocenters. The second kappa shape index (κ2) is 6.18. The third-order valence-corrected chi connectivity index (χ3v) is 4.31. The zero-order chi connectivity index (χ0) is 17.4. The highest BCUT2D eigenvalue weighted by molar-refractivity contribution is 6.17. The molecule has 2 aliphatic heterocycles. The van der Waals surface area contributed by atoms with Crippen molar-refractivity contribution in [2.75, 3.05) is 36.5 Å². The van der Waals surface area contributed by atoms with Gasteiger partial charge in [-0.2, -0.15) is 0 Å². The lowest BCUT2D eigenvalue weighted by molar-refractivity contribution is 0.0554. The van der Waals surface area contributed by atoms with Crippen LogP contribution < -0.4 is 10.2 Å². The van der Waals surface area contributed by atoms with Gasteiger partial charge in [0.1, 0.15) is 5.82 Å². The third-order valence-electron chi connectivity index (χ3n) is 4.31. The molecule has 1 fully saturated rings. The van der Waals surface area contributed by atoms with E-state index < -0.39 is 11.7 Å². The van der Waals surface area contributed by atoms with Crippen LogP contribution in [0.1, 0.15) is 10.4 Å². The Bertz CT molecular complexity index is 849. The maximum Gasteiger partial charge on any atom is 0.329 e. The normalized spacial score (nSPS) is 16.6. The molecule has 2 aromatic carbocycles. The van der Waals surface area contributed by atoms with Crippen LogP contribution in [0.4, 0.5) is 26.2 Å². The van der Waals surface area contributed by atoms with Gasteiger partial charge in [0.2, 0.25) is 0 Å². The van der Waals surface area contributed by atoms with Gasteiger partial charge in [-0.05, 0) is 30.3 Å². The predicted molar refractivity (Wildman–Crippen MR) is 90.7 cm³/mol. The fourth-order valence-electron chi connectivity index (χ4n) is 3.08. The number of nitrogens with zero attached hydrogens (tertiary/aromatic N) is 2. The van der Waals surface area contributed by atoms with Gasteiger partial charge in [0.05, 0.1) is 35.8 Å². The van der Waals surface area contributed by atoms with Crippen LogP contribution in [0.25, 0.3) is 0 Å². The Morgan fingerprint density at radius 2 is 1.84 bits per heavy atom. The van der Waals surface area contributed by atoms with Crippen molar-refractivity contribution in [1.29, 1.82) is 0 Å². The van der Waals surface area contributed by atoms with E-state index in [4.69, 9.17) is 4.74 Å². The number of hydrogen-bond donors (Lipinski definition) is 1. The molecule has 0 aliphatic carbocycles. The van der Waals surface area contributed by atoms with Crippen molar-refractivity contribution in [1.82, 2.24) is 4.90 Å². The standard InChI is InChI=1S/C18H16FN3O3/c19-12-5-6-15-13(11-12)17(23)20-14-3-1-2-4-16(14)22(15)18(24)21-7-9-25-10-8-21/h1-6,11H,7-10H2,(H,20,23). The summed E-state index contributed by atoms with van der Waals surface area (Å²) in [4.78, 5) is 28.8. The Kier molecular flexibility index (Phi) is 3.85. The lowest BCUT2D eigenvalue weighted by Crippen LogP contribution is -2.46. The van der Waals surface area contributed by atoms with E-state index in [-0.39, 0.29) is 11.6 Å². The van der Waals surface area contributed by atoms with Gasteiger partial charge < -0.3 is 15.0 Å². The van der Waals surface area contributed by atoms with Crippen molar-refractivity contribution in [3.63, 3.8) is 0 Å². The van der Waals surface area contributed by atoms with Crippen molar-refractivity contribution in [2.45, 2.75) is 0 Å². The Hall–Kier alpha value is -2.93. The number of rotatable bonds is 0. The number of hydrogen-bond acceptors (Lipinski definition) is 3. The molecule has 2 aliphatic rings. The number of ether oxygens (including phenoxy) is 1. The van der Waals surface area contributed by atoms with Crippen LogP contribution in [-0.4, -0.2) is 43.1 Å². The molecule has 128 valence electrons. The van der Waals surface area contributed by atoms with Gasteiger partial charge in [0.15, 0.2) is 0 Å². The summed E-state index contributed by atoms with van der Waals surface area (Å²) in [7, 11) is 0. The number of amides is 3. The van der Waals surface area contributed by atoms with E-state index in [0.717, 1.165) is 6.07 Å². The third kappa shape index (κ3) is 2.72.